The van der Waals surface area contributed by atoms with E-state index in [0.717, 1.165) is 16.6 Å². The molecule has 1 N–H and O–H groups in total. The number of hydrogen-bond donors (Lipinski definition) is 1. The van der Waals surface area contributed by atoms with Crippen molar-refractivity contribution in [2.75, 3.05) is 18.0 Å². The van der Waals surface area contributed by atoms with E-state index in [2.05, 4.69) is 24.1 Å². The average molecular weight is 255 g/mol. The Morgan fingerprint density at radius 1 is 1.32 bits per heavy atom. The molecule has 1 aliphatic heterocycles. The van der Waals surface area contributed by atoms with Crippen LogP contribution in [0.15, 0.2) is 36.5 Å². The molecule has 19 heavy (non-hydrogen) atoms. The molecule has 1 aliphatic rings. The van der Waals surface area contributed by atoms with Crippen LogP contribution in [0.4, 0.5) is 10.5 Å². The standard InChI is InChI=1S/C15H17N3O/c1-15(2)9-17-14(19)18(10-15)12-7-11-5-3-4-6-13(11)16-8-12/h3-8H,9-10H2,1-2H3,(H,17,19). The van der Waals surface area contributed by atoms with E-state index >= 15 is 0 Å². The second-order valence-corrected chi connectivity index (χ2v) is 5.80. The molecule has 1 saturated heterocycles. The second-order valence-electron chi connectivity index (χ2n) is 5.80. The fraction of sp³-hybridized carbons (Fsp3) is 0.333. The van der Waals surface area contributed by atoms with Gasteiger partial charge < -0.3 is 5.32 Å². The van der Waals surface area contributed by atoms with Gasteiger partial charge in [-0.2, -0.15) is 0 Å². The summed E-state index contributed by atoms with van der Waals surface area (Å²) in [5.74, 6) is 0. The van der Waals surface area contributed by atoms with Gasteiger partial charge in [0.05, 0.1) is 17.4 Å². The van der Waals surface area contributed by atoms with Crippen LogP contribution in [0, 0.1) is 5.41 Å². The maximum Gasteiger partial charge on any atom is 0.321 e. The summed E-state index contributed by atoms with van der Waals surface area (Å²) in [5, 5.41) is 3.98. The van der Waals surface area contributed by atoms with E-state index in [0.29, 0.717) is 13.1 Å². The van der Waals surface area contributed by atoms with Gasteiger partial charge in [-0.3, -0.25) is 9.88 Å². The molecule has 1 aromatic carbocycles. The number of pyridine rings is 1. The number of nitrogens with one attached hydrogen (secondary N) is 1. The zero-order chi connectivity index (χ0) is 13.5. The van der Waals surface area contributed by atoms with Gasteiger partial charge in [0, 0.05) is 23.9 Å². The summed E-state index contributed by atoms with van der Waals surface area (Å²) in [6, 6.07) is 9.90. The van der Waals surface area contributed by atoms with Gasteiger partial charge in [0.1, 0.15) is 0 Å². The summed E-state index contributed by atoms with van der Waals surface area (Å²) >= 11 is 0. The summed E-state index contributed by atoms with van der Waals surface area (Å²) < 4.78 is 0. The van der Waals surface area contributed by atoms with Crippen molar-refractivity contribution in [3.8, 4) is 0 Å². The third kappa shape index (κ3) is 2.26. The molecule has 0 aliphatic carbocycles. The van der Waals surface area contributed by atoms with Crippen molar-refractivity contribution in [1.82, 2.24) is 10.3 Å². The van der Waals surface area contributed by atoms with Crippen molar-refractivity contribution in [2.24, 2.45) is 5.41 Å². The number of carbonyl (C=O) groups is 1. The SMILES string of the molecule is CC1(C)CNC(=O)N(c2cnc3ccccc3c2)C1. The number of benzene rings is 1. The number of para-hydroxylation sites is 1. The first-order valence-corrected chi connectivity index (χ1v) is 6.45. The molecule has 1 fully saturated rings. The third-order valence-electron chi connectivity index (χ3n) is 3.44. The van der Waals surface area contributed by atoms with E-state index < -0.39 is 0 Å². The van der Waals surface area contributed by atoms with Crippen molar-refractivity contribution >= 4 is 22.6 Å². The Bertz CT molecular complexity index is 636. The molecule has 0 unspecified atom stereocenters. The molecule has 0 radical (unpaired) electrons. The molecular weight excluding hydrogens is 238 g/mol. The van der Waals surface area contributed by atoms with Crippen molar-refractivity contribution < 1.29 is 4.79 Å². The summed E-state index contributed by atoms with van der Waals surface area (Å²) in [7, 11) is 0. The topological polar surface area (TPSA) is 45.2 Å². The summed E-state index contributed by atoms with van der Waals surface area (Å²) in [5.41, 5.74) is 1.87. The smallest absolute Gasteiger partial charge is 0.321 e. The van der Waals surface area contributed by atoms with E-state index in [-0.39, 0.29) is 11.4 Å². The van der Waals surface area contributed by atoms with Crippen molar-refractivity contribution in [3.05, 3.63) is 36.5 Å². The number of amides is 2. The average Bonchev–Trinajstić information content (AvgIpc) is 2.41. The van der Waals surface area contributed by atoms with Crippen LogP contribution in [0.3, 0.4) is 0 Å². The molecule has 2 aromatic rings. The lowest BCUT2D eigenvalue weighted by molar-refractivity contribution is 0.224. The predicted octanol–water partition coefficient (Wildman–Crippen LogP) is 2.79. The maximum absolute atomic E-state index is 12.0. The van der Waals surface area contributed by atoms with E-state index in [1.54, 1.807) is 11.1 Å². The molecule has 2 amide bonds. The Morgan fingerprint density at radius 2 is 2.11 bits per heavy atom. The number of urea groups is 1. The zero-order valence-corrected chi connectivity index (χ0v) is 11.2. The first-order valence-electron chi connectivity index (χ1n) is 6.45. The Labute approximate surface area is 112 Å². The lowest BCUT2D eigenvalue weighted by Gasteiger charge is -2.38. The molecule has 3 rings (SSSR count). The van der Waals surface area contributed by atoms with E-state index in [1.165, 1.54) is 0 Å². The highest BCUT2D eigenvalue weighted by Crippen LogP contribution is 2.26. The zero-order valence-electron chi connectivity index (χ0n) is 11.2. The Balaban J connectivity index is 2.00. The van der Waals surface area contributed by atoms with Gasteiger partial charge in [-0.25, -0.2) is 4.79 Å². The highest BCUT2D eigenvalue weighted by Gasteiger charge is 2.31. The van der Waals surface area contributed by atoms with Gasteiger partial charge in [-0.1, -0.05) is 32.0 Å². The van der Waals surface area contributed by atoms with Crippen molar-refractivity contribution in [2.45, 2.75) is 13.8 Å². The van der Waals surface area contributed by atoms with Gasteiger partial charge in [0.15, 0.2) is 0 Å². The molecule has 98 valence electrons. The normalized spacial score (nSPS) is 18.4. The third-order valence-corrected chi connectivity index (χ3v) is 3.44. The second kappa shape index (κ2) is 4.23. The molecule has 0 bridgehead atoms. The summed E-state index contributed by atoms with van der Waals surface area (Å²) in [6.45, 7) is 5.71. The molecule has 0 saturated carbocycles. The highest BCUT2D eigenvalue weighted by atomic mass is 16.2. The van der Waals surface area contributed by atoms with E-state index in [1.807, 2.05) is 30.3 Å². The molecule has 2 heterocycles. The molecule has 0 spiro atoms. The Hall–Kier alpha value is -2.10. The van der Waals surface area contributed by atoms with Gasteiger partial charge >= 0.3 is 6.03 Å². The van der Waals surface area contributed by atoms with Crippen LogP contribution in [0.5, 0.6) is 0 Å². The van der Waals surface area contributed by atoms with E-state index in [4.69, 9.17) is 0 Å². The minimum Gasteiger partial charge on any atom is -0.337 e. The van der Waals surface area contributed by atoms with Crippen LogP contribution < -0.4 is 10.2 Å². The molecule has 4 nitrogen and oxygen atoms in total. The Morgan fingerprint density at radius 3 is 2.95 bits per heavy atom. The lowest BCUT2D eigenvalue weighted by Crippen LogP contribution is -2.55. The quantitative estimate of drug-likeness (QED) is 0.851. The van der Waals surface area contributed by atoms with Crippen LogP contribution in [-0.2, 0) is 0 Å². The van der Waals surface area contributed by atoms with Crippen LogP contribution in [0.2, 0.25) is 0 Å². The Kier molecular flexibility index (Phi) is 2.66. The maximum atomic E-state index is 12.0. The first-order chi connectivity index (χ1) is 9.05. The molecular formula is C15H17N3O. The number of hydrogen-bond acceptors (Lipinski definition) is 2. The van der Waals surface area contributed by atoms with Gasteiger partial charge in [0.25, 0.3) is 0 Å². The predicted molar refractivity (Wildman–Crippen MR) is 76.3 cm³/mol. The fourth-order valence-electron chi connectivity index (χ4n) is 2.38. The molecule has 4 heteroatoms. The summed E-state index contributed by atoms with van der Waals surface area (Å²) in [4.78, 5) is 18.2. The van der Waals surface area contributed by atoms with Crippen LogP contribution in [-0.4, -0.2) is 24.1 Å². The number of aromatic nitrogens is 1. The number of carbonyl (C=O) groups excluding carboxylic acids is 1. The lowest BCUT2D eigenvalue weighted by atomic mass is 9.91. The molecule has 0 atom stereocenters. The van der Waals surface area contributed by atoms with Gasteiger partial charge in [-0.05, 0) is 12.1 Å². The number of fused-ring (bicyclic) bond motifs is 1. The van der Waals surface area contributed by atoms with Crippen LogP contribution >= 0.6 is 0 Å². The van der Waals surface area contributed by atoms with E-state index in [9.17, 15) is 4.79 Å². The minimum atomic E-state index is -0.0450. The number of rotatable bonds is 1. The first kappa shape index (κ1) is 12.0. The van der Waals surface area contributed by atoms with Gasteiger partial charge in [0.2, 0.25) is 0 Å². The monoisotopic (exact) mass is 255 g/mol. The largest absolute Gasteiger partial charge is 0.337 e. The van der Waals surface area contributed by atoms with Gasteiger partial charge in [-0.15, -0.1) is 0 Å². The highest BCUT2D eigenvalue weighted by molar-refractivity contribution is 5.95. The summed E-state index contributed by atoms with van der Waals surface area (Å²) in [6.07, 6.45) is 1.77. The van der Waals surface area contributed by atoms with Crippen LogP contribution in [0.25, 0.3) is 10.9 Å². The number of anilines is 1. The molecule has 1 aromatic heterocycles. The van der Waals surface area contributed by atoms with Crippen LogP contribution in [0.1, 0.15) is 13.8 Å². The minimum absolute atomic E-state index is 0.0450. The van der Waals surface area contributed by atoms with Crippen molar-refractivity contribution in [1.29, 1.82) is 0 Å². The fourth-order valence-corrected chi connectivity index (χ4v) is 2.38. The number of nitrogens with zero attached hydrogens (tertiary/aromatic N) is 2. The van der Waals surface area contributed by atoms with Crippen molar-refractivity contribution in [3.63, 3.8) is 0 Å².